The monoisotopic (exact) mass is 270 g/mol. The zero-order valence-electron chi connectivity index (χ0n) is 11.2. The molecule has 0 aliphatic carbocycles. The molecule has 0 aliphatic heterocycles. The van der Waals surface area contributed by atoms with Crippen molar-refractivity contribution in [1.82, 2.24) is 14.8 Å². The number of hydrogen-bond donors (Lipinski definition) is 2. The molecular weight excluding hydrogens is 256 g/mol. The smallest absolute Gasteiger partial charge is 0.257 e. The van der Waals surface area contributed by atoms with Gasteiger partial charge in [-0.05, 0) is 13.0 Å². The van der Waals surface area contributed by atoms with Crippen molar-refractivity contribution in [3.05, 3.63) is 41.5 Å². The minimum absolute atomic E-state index is 0.266. The molecule has 0 saturated carbocycles. The highest BCUT2D eigenvalue weighted by Gasteiger charge is 2.13. The maximum absolute atomic E-state index is 12.3. The number of aliphatic hydroxyl groups is 1. The maximum atomic E-state index is 12.3. The Morgan fingerprint density at radius 3 is 3.00 bits per heavy atom. The summed E-state index contributed by atoms with van der Waals surface area (Å²) >= 11 is 0. The molecule has 0 unspecified atom stereocenters. The third-order valence-electron chi connectivity index (χ3n) is 2.63. The van der Waals surface area contributed by atoms with Gasteiger partial charge < -0.3 is 10.4 Å². The van der Waals surface area contributed by atoms with Crippen molar-refractivity contribution in [2.24, 2.45) is 7.05 Å². The van der Waals surface area contributed by atoms with Crippen LogP contribution in [0.25, 0.3) is 0 Å². The third kappa shape index (κ3) is 3.02. The number of nitrogens with one attached hydrogen (secondary N) is 1. The van der Waals surface area contributed by atoms with E-state index in [4.69, 9.17) is 5.11 Å². The van der Waals surface area contributed by atoms with Crippen LogP contribution in [0.3, 0.4) is 0 Å². The molecule has 2 rings (SSSR count). The second-order valence-corrected chi connectivity index (χ2v) is 4.14. The summed E-state index contributed by atoms with van der Waals surface area (Å²) in [7, 11) is 1.78. The predicted octanol–water partition coefficient (Wildman–Crippen LogP) is 0.720. The summed E-state index contributed by atoms with van der Waals surface area (Å²) in [5.74, 6) is 4.93. The van der Waals surface area contributed by atoms with Crippen molar-refractivity contribution in [2.45, 2.75) is 6.92 Å². The van der Waals surface area contributed by atoms with Crippen LogP contribution < -0.4 is 5.32 Å². The van der Waals surface area contributed by atoms with Crippen molar-refractivity contribution >= 4 is 11.6 Å². The van der Waals surface area contributed by atoms with Gasteiger partial charge in [-0.3, -0.25) is 14.5 Å². The number of aromatic nitrogens is 3. The van der Waals surface area contributed by atoms with Crippen molar-refractivity contribution < 1.29 is 9.90 Å². The lowest BCUT2D eigenvalue weighted by atomic mass is 10.1. The Kier molecular flexibility index (Phi) is 4.13. The molecule has 1 amide bonds. The average Bonchev–Trinajstić information content (AvgIpc) is 2.75. The molecule has 2 aromatic rings. The fourth-order valence-corrected chi connectivity index (χ4v) is 1.74. The van der Waals surface area contributed by atoms with Crippen LogP contribution in [0.15, 0.2) is 24.7 Å². The number of pyridine rings is 1. The number of rotatable bonds is 2. The molecule has 102 valence electrons. The van der Waals surface area contributed by atoms with Gasteiger partial charge in [0.05, 0.1) is 22.5 Å². The van der Waals surface area contributed by atoms with E-state index in [1.807, 2.05) is 6.92 Å². The van der Waals surface area contributed by atoms with Crippen LogP contribution in [0.4, 0.5) is 5.69 Å². The zero-order chi connectivity index (χ0) is 14.5. The van der Waals surface area contributed by atoms with E-state index < -0.39 is 0 Å². The Balaban J connectivity index is 2.28. The maximum Gasteiger partial charge on any atom is 0.257 e. The first-order chi connectivity index (χ1) is 9.61. The van der Waals surface area contributed by atoms with Gasteiger partial charge in [0.15, 0.2) is 0 Å². The summed E-state index contributed by atoms with van der Waals surface area (Å²) in [4.78, 5) is 16.2. The van der Waals surface area contributed by atoms with E-state index in [9.17, 15) is 4.79 Å². The van der Waals surface area contributed by atoms with Gasteiger partial charge in [0.25, 0.3) is 5.91 Å². The molecule has 2 N–H and O–H groups in total. The summed E-state index contributed by atoms with van der Waals surface area (Å²) in [5.41, 5.74) is 2.26. The van der Waals surface area contributed by atoms with E-state index >= 15 is 0 Å². The van der Waals surface area contributed by atoms with E-state index in [1.165, 1.54) is 12.4 Å². The number of carbonyl (C=O) groups excluding carboxylic acids is 1. The van der Waals surface area contributed by atoms with Gasteiger partial charge in [0, 0.05) is 25.6 Å². The number of aliphatic hydroxyl groups excluding tert-OH is 1. The van der Waals surface area contributed by atoms with Crippen LogP contribution in [0, 0.1) is 18.8 Å². The highest BCUT2D eigenvalue weighted by atomic mass is 16.2. The summed E-state index contributed by atoms with van der Waals surface area (Å²) in [6.07, 6.45) is 4.75. The summed E-state index contributed by atoms with van der Waals surface area (Å²) in [6.45, 7) is 1.55. The van der Waals surface area contributed by atoms with Gasteiger partial charge in [-0.25, -0.2) is 0 Å². The third-order valence-corrected chi connectivity index (χ3v) is 2.63. The molecule has 0 fully saturated rings. The molecule has 0 saturated heterocycles. The Hall–Kier alpha value is -2.65. The molecule has 2 heterocycles. The lowest BCUT2D eigenvalue weighted by Gasteiger charge is -2.05. The van der Waals surface area contributed by atoms with Crippen molar-refractivity contribution in [1.29, 1.82) is 0 Å². The standard InChI is InChI=1S/C14H14N4O2/c1-10-13(9-18(2)17-10)16-14(20)12-5-6-15-8-11(12)4-3-7-19/h5-6,8-9,19H,7H2,1-2H3,(H,16,20). The molecule has 0 atom stereocenters. The van der Waals surface area contributed by atoms with Gasteiger partial charge in [-0.15, -0.1) is 0 Å². The van der Waals surface area contributed by atoms with E-state index in [-0.39, 0.29) is 12.5 Å². The van der Waals surface area contributed by atoms with Gasteiger partial charge in [0.2, 0.25) is 0 Å². The topological polar surface area (TPSA) is 80.0 Å². The fourth-order valence-electron chi connectivity index (χ4n) is 1.74. The molecule has 0 bridgehead atoms. The van der Waals surface area contributed by atoms with Gasteiger partial charge in [0.1, 0.15) is 6.61 Å². The van der Waals surface area contributed by atoms with Crippen molar-refractivity contribution in [3.63, 3.8) is 0 Å². The Morgan fingerprint density at radius 1 is 1.55 bits per heavy atom. The first-order valence-corrected chi connectivity index (χ1v) is 5.97. The highest BCUT2D eigenvalue weighted by molar-refractivity contribution is 6.06. The predicted molar refractivity (Wildman–Crippen MR) is 74.1 cm³/mol. The van der Waals surface area contributed by atoms with Crippen LogP contribution in [0.2, 0.25) is 0 Å². The van der Waals surface area contributed by atoms with Crippen LogP contribution in [0.5, 0.6) is 0 Å². The second kappa shape index (κ2) is 5.99. The minimum Gasteiger partial charge on any atom is -0.384 e. The van der Waals surface area contributed by atoms with Crippen LogP contribution in [-0.4, -0.2) is 32.4 Å². The lowest BCUT2D eigenvalue weighted by Crippen LogP contribution is -2.14. The van der Waals surface area contributed by atoms with E-state index in [0.29, 0.717) is 16.8 Å². The van der Waals surface area contributed by atoms with Crippen molar-refractivity contribution in [2.75, 3.05) is 11.9 Å². The number of amides is 1. The van der Waals surface area contributed by atoms with E-state index in [0.717, 1.165) is 5.69 Å². The zero-order valence-corrected chi connectivity index (χ0v) is 11.2. The number of carbonyl (C=O) groups is 1. The molecule has 0 radical (unpaired) electrons. The van der Waals surface area contributed by atoms with Crippen LogP contribution in [-0.2, 0) is 7.05 Å². The van der Waals surface area contributed by atoms with Crippen molar-refractivity contribution in [3.8, 4) is 11.8 Å². The molecular formula is C14H14N4O2. The molecule has 20 heavy (non-hydrogen) atoms. The summed E-state index contributed by atoms with van der Waals surface area (Å²) in [5, 5.41) is 15.7. The molecule has 0 aromatic carbocycles. The molecule has 0 aliphatic rings. The normalized spacial score (nSPS) is 9.75. The van der Waals surface area contributed by atoms with E-state index in [2.05, 4.69) is 27.2 Å². The Morgan fingerprint density at radius 2 is 2.35 bits per heavy atom. The average molecular weight is 270 g/mol. The molecule has 6 heteroatoms. The number of hydrogen-bond acceptors (Lipinski definition) is 4. The quantitative estimate of drug-likeness (QED) is 0.788. The minimum atomic E-state index is -0.286. The van der Waals surface area contributed by atoms with E-state index in [1.54, 1.807) is 24.0 Å². The highest BCUT2D eigenvalue weighted by Crippen LogP contribution is 2.14. The lowest BCUT2D eigenvalue weighted by molar-refractivity contribution is 0.102. The second-order valence-electron chi connectivity index (χ2n) is 4.14. The largest absolute Gasteiger partial charge is 0.384 e. The number of nitrogens with zero attached hydrogens (tertiary/aromatic N) is 3. The number of anilines is 1. The van der Waals surface area contributed by atoms with Gasteiger partial charge >= 0.3 is 0 Å². The molecule has 6 nitrogen and oxygen atoms in total. The molecule has 0 spiro atoms. The molecule has 2 aromatic heterocycles. The summed E-state index contributed by atoms with van der Waals surface area (Å²) < 4.78 is 1.63. The number of aryl methyl sites for hydroxylation is 2. The summed E-state index contributed by atoms with van der Waals surface area (Å²) in [6, 6.07) is 1.59. The van der Waals surface area contributed by atoms with Crippen LogP contribution >= 0.6 is 0 Å². The van der Waals surface area contributed by atoms with Crippen LogP contribution in [0.1, 0.15) is 21.6 Å². The first-order valence-electron chi connectivity index (χ1n) is 5.97. The van der Waals surface area contributed by atoms with Gasteiger partial charge in [-0.2, -0.15) is 5.10 Å². The fraction of sp³-hybridized carbons (Fsp3) is 0.214. The van der Waals surface area contributed by atoms with Gasteiger partial charge in [-0.1, -0.05) is 11.8 Å². The Bertz CT molecular complexity index is 695. The Labute approximate surface area is 116 Å². The first kappa shape index (κ1) is 13.8. The SMILES string of the molecule is Cc1nn(C)cc1NC(=O)c1ccncc1C#CCO.